The molecule has 0 unspecified atom stereocenters. The molecule has 1 saturated heterocycles. The molecule has 1 aliphatic heterocycles. The van der Waals surface area contributed by atoms with Gasteiger partial charge >= 0.3 is 25.3 Å². The van der Waals surface area contributed by atoms with Crippen molar-refractivity contribution in [3.63, 3.8) is 0 Å². The van der Waals surface area contributed by atoms with E-state index in [4.69, 9.17) is 4.74 Å². The van der Waals surface area contributed by atoms with Crippen LogP contribution >= 0.6 is 11.3 Å². The number of nitrogens with zero attached hydrogens (tertiary/aromatic N) is 1. The van der Waals surface area contributed by atoms with E-state index in [-0.39, 0.29) is 0 Å². The van der Waals surface area contributed by atoms with Crippen molar-refractivity contribution in [3.8, 4) is 0 Å². The van der Waals surface area contributed by atoms with Gasteiger partial charge in [-0.3, -0.25) is 9.69 Å². The second-order valence-electron chi connectivity index (χ2n) is 4.54. The summed E-state index contributed by atoms with van der Waals surface area (Å²) in [5.41, 5.74) is 0. The molecule has 21 heavy (non-hydrogen) atoms. The summed E-state index contributed by atoms with van der Waals surface area (Å²) >= 11 is 3.04. The summed E-state index contributed by atoms with van der Waals surface area (Å²) in [6.45, 7) is 9.84. The van der Waals surface area contributed by atoms with Gasteiger partial charge in [0.25, 0.3) is 0 Å². The number of rotatable bonds is 5. The molecular formula is C15H26N2O2STa. The number of carbonyl (C=O) groups excluding carboxylic acids is 1. The Balaban J connectivity index is 0.000000377. The van der Waals surface area contributed by atoms with Crippen molar-refractivity contribution in [2.45, 2.75) is 20.3 Å². The van der Waals surface area contributed by atoms with Crippen LogP contribution in [0.3, 0.4) is 0 Å². The third-order valence-electron chi connectivity index (χ3n) is 2.86. The molecule has 1 aliphatic rings. The van der Waals surface area contributed by atoms with Crippen LogP contribution in [0.2, 0.25) is 0 Å². The minimum absolute atomic E-state index is 0.749. The average Bonchev–Trinajstić information content (AvgIpc) is 2.91. The second-order valence-corrected chi connectivity index (χ2v) is 6.03. The molecule has 2 heterocycles. The number of hydrogen-bond donors (Lipinski definition) is 1. The zero-order valence-corrected chi connectivity index (χ0v) is 17.0. The summed E-state index contributed by atoms with van der Waals surface area (Å²) in [6, 6.07) is 4.28. The number of nitrogens with one attached hydrogen (secondary N) is 1. The first-order valence-electron chi connectivity index (χ1n) is 7.04. The molecule has 0 aromatic carbocycles. The summed E-state index contributed by atoms with van der Waals surface area (Å²) < 4.78 is 8.57. The SMILES string of the molecule is Cc1ccc(C)s1.O=CNCCCN1CCOCC1.[CH2]=[Ta]. The summed E-state index contributed by atoms with van der Waals surface area (Å²) in [5, 5.41) is 2.65. The fourth-order valence-corrected chi connectivity index (χ4v) is 2.63. The van der Waals surface area contributed by atoms with E-state index in [1.807, 2.05) is 11.3 Å². The predicted octanol–water partition coefficient (Wildman–Crippen LogP) is 1.78. The molecule has 1 aromatic rings. The zero-order chi connectivity index (χ0) is 15.9. The Morgan fingerprint density at radius 2 is 1.90 bits per heavy atom. The molecule has 1 N–H and O–H groups in total. The molecule has 0 bridgehead atoms. The number of carbonyl (C=O) groups is 1. The summed E-state index contributed by atoms with van der Waals surface area (Å²) in [6.07, 6.45) is 1.78. The molecule has 1 aromatic heterocycles. The molecule has 0 saturated carbocycles. The Bertz CT molecular complexity index is 352. The van der Waals surface area contributed by atoms with Crippen LogP contribution in [0, 0.1) is 13.8 Å². The summed E-state index contributed by atoms with van der Waals surface area (Å²) in [5.74, 6) is 0. The summed E-state index contributed by atoms with van der Waals surface area (Å²) in [4.78, 5) is 15.1. The average molecular weight is 479 g/mol. The molecule has 0 radical (unpaired) electrons. The molecule has 2 rings (SSSR count). The van der Waals surface area contributed by atoms with Crippen molar-refractivity contribution < 1.29 is 30.1 Å². The number of morpholine rings is 1. The Labute approximate surface area is 144 Å². The van der Waals surface area contributed by atoms with E-state index in [2.05, 4.69) is 40.9 Å². The van der Waals surface area contributed by atoms with Gasteiger partial charge in [-0.1, -0.05) is 0 Å². The Morgan fingerprint density at radius 1 is 1.33 bits per heavy atom. The van der Waals surface area contributed by atoms with E-state index >= 15 is 0 Å². The minimum atomic E-state index is 0.749. The predicted molar refractivity (Wildman–Crippen MR) is 86.9 cm³/mol. The van der Waals surface area contributed by atoms with E-state index in [1.54, 1.807) is 0 Å². The number of aryl methyl sites for hydroxylation is 2. The maximum atomic E-state index is 9.91. The van der Waals surface area contributed by atoms with Gasteiger partial charge in [0.1, 0.15) is 0 Å². The topological polar surface area (TPSA) is 41.6 Å². The second kappa shape index (κ2) is 14.6. The van der Waals surface area contributed by atoms with Crippen molar-refractivity contribution >= 4 is 22.5 Å². The normalized spacial score (nSPS) is 14.1. The van der Waals surface area contributed by atoms with Crippen LogP contribution < -0.4 is 5.32 Å². The molecular weight excluding hydrogens is 453 g/mol. The number of hydrogen-bond acceptors (Lipinski definition) is 4. The fraction of sp³-hybridized carbons (Fsp3) is 0.600. The molecule has 6 heteroatoms. The first kappa shape index (κ1) is 20.7. The summed E-state index contributed by atoms with van der Waals surface area (Å²) in [7, 11) is 0. The molecule has 119 valence electrons. The monoisotopic (exact) mass is 479 g/mol. The van der Waals surface area contributed by atoms with Gasteiger partial charge in [0.05, 0.1) is 13.2 Å². The Hall–Kier alpha value is -0.300. The molecule has 1 fully saturated rings. The van der Waals surface area contributed by atoms with Crippen molar-refractivity contribution in [1.29, 1.82) is 0 Å². The van der Waals surface area contributed by atoms with Crippen molar-refractivity contribution in [2.24, 2.45) is 0 Å². The van der Waals surface area contributed by atoms with Gasteiger partial charge in [0.15, 0.2) is 0 Å². The van der Waals surface area contributed by atoms with E-state index in [0.717, 1.165) is 52.2 Å². The molecule has 1 amide bonds. The number of thiophene rings is 1. The van der Waals surface area contributed by atoms with Crippen LogP contribution in [0.15, 0.2) is 12.1 Å². The van der Waals surface area contributed by atoms with Crippen molar-refractivity contribution in [2.75, 3.05) is 39.4 Å². The van der Waals surface area contributed by atoms with E-state index in [1.165, 1.54) is 30.4 Å². The Morgan fingerprint density at radius 3 is 2.33 bits per heavy atom. The van der Waals surface area contributed by atoms with Crippen LogP contribution in [0.1, 0.15) is 16.2 Å². The third-order valence-corrected chi connectivity index (χ3v) is 3.77. The van der Waals surface area contributed by atoms with Crippen LogP contribution in [0.4, 0.5) is 0 Å². The van der Waals surface area contributed by atoms with Crippen LogP contribution in [0.5, 0.6) is 0 Å². The number of amides is 1. The van der Waals surface area contributed by atoms with Crippen molar-refractivity contribution in [1.82, 2.24) is 10.2 Å². The van der Waals surface area contributed by atoms with E-state index in [9.17, 15) is 4.79 Å². The molecule has 4 nitrogen and oxygen atoms in total. The molecule has 0 aliphatic carbocycles. The molecule has 0 spiro atoms. The van der Waals surface area contributed by atoms with Gasteiger partial charge in [0.2, 0.25) is 6.41 Å². The van der Waals surface area contributed by atoms with Crippen molar-refractivity contribution in [3.05, 3.63) is 21.9 Å². The van der Waals surface area contributed by atoms with Gasteiger partial charge in [-0.05, 0) is 38.9 Å². The van der Waals surface area contributed by atoms with Gasteiger partial charge in [0, 0.05) is 29.4 Å². The van der Waals surface area contributed by atoms with Crippen LogP contribution in [0.25, 0.3) is 0 Å². The molecule has 0 atom stereocenters. The first-order chi connectivity index (χ1) is 10.2. The standard InChI is InChI=1S/C8H16N2O2.C6H8S.CH2.Ta/c11-8-9-2-1-3-10-4-6-12-7-5-10;1-5-3-4-6(2)7-5;;/h8H,1-7H2,(H,9,11);3-4H,1-2H3;1H2;. The van der Waals surface area contributed by atoms with Gasteiger partial charge in [-0.25, -0.2) is 0 Å². The van der Waals surface area contributed by atoms with E-state index in [0.29, 0.717) is 0 Å². The number of ether oxygens (including phenoxy) is 1. The Kier molecular flexibility index (Phi) is 14.4. The van der Waals surface area contributed by atoms with E-state index < -0.39 is 0 Å². The maximum absolute atomic E-state index is 9.91. The third kappa shape index (κ3) is 12.0. The fourth-order valence-electron chi connectivity index (χ4n) is 1.85. The quantitative estimate of drug-likeness (QED) is 0.518. The zero-order valence-electron chi connectivity index (χ0n) is 13.0. The van der Waals surface area contributed by atoms with Gasteiger partial charge in [-0.2, -0.15) is 0 Å². The van der Waals surface area contributed by atoms with Gasteiger partial charge in [-0.15, -0.1) is 11.3 Å². The van der Waals surface area contributed by atoms with Crippen LogP contribution in [-0.4, -0.2) is 55.4 Å². The van der Waals surface area contributed by atoms with Crippen LogP contribution in [-0.2, 0) is 30.1 Å². The van der Waals surface area contributed by atoms with Gasteiger partial charge < -0.3 is 10.1 Å². The first-order valence-corrected chi connectivity index (χ1v) is 10.1.